The predicted octanol–water partition coefficient (Wildman–Crippen LogP) is 2.95. The Kier molecular flexibility index (Phi) is 7.69. The van der Waals surface area contributed by atoms with Crippen LogP contribution in [0.25, 0.3) is 0 Å². The van der Waals surface area contributed by atoms with E-state index in [2.05, 4.69) is 5.32 Å². The lowest BCUT2D eigenvalue weighted by atomic mass is 9.67. The van der Waals surface area contributed by atoms with Gasteiger partial charge in [0.1, 0.15) is 0 Å². The number of para-hydroxylation sites is 1. The molecule has 0 aliphatic heterocycles. The summed E-state index contributed by atoms with van der Waals surface area (Å²) < 4.78 is 5.17. The molecule has 1 aromatic rings. The lowest BCUT2D eigenvalue weighted by molar-refractivity contribution is -0.122. The molecule has 0 aromatic heterocycles. The highest BCUT2D eigenvalue weighted by Gasteiger charge is 2.36. The Morgan fingerprint density at radius 1 is 1.36 bits per heavy atom. The number of anilines is 1. The van der Waals surface area contributed by atoms with Gasteiger partial charge in [-0.3, -0.25) is 4.79 Å². The highest BCUT2D eigenvalue weighted by Crippen LogP contribution is 2.43. The van der Waals surface area contributed by atoms with E-state index in [0.717, 1.165) is 30.8 Å². The van der Waals surface area contributed by atoms with Crippen LogP contribution in [0.2, 0.25) is 0 Å². The SMILES string of the molecule is COCCC1(CNC(=O)CCc2ccccc2N)CCC1.Cl. The molecule has 2 rings (SSSR count). The molecular weight excluding hydrogens is 300 g/mol. The van der Waals surface area contributed by atoms with Gasteiger partial charge in [0.15, 0.2) is 0 Å². The van der Waals surface area contributed by atoms with Crippen LogP contribution in [0.15, 0.2) is 24.3 Å². The number of hydrogen-bond donors (Lipinski definition) is 2. The van der Waals surface area contributed by atoms with E-state index in [9.17, 15) is 4.79 Å². The number of hydrogen-bond acceptors (Lipinski definition) is 3. The van der Waals surface area contributed by atoms with Crippen molar-refractivity contribution in [2.24, 2.45) is 5.41 Å². The van der Waals surface area contributed by atoms with E-state index in [4.69, 9.17) is 10.5 Å². The average Bonchev–Trinajstić information content (AvgIpc) is 2.45. The van der Waals surface area contributed by atoms with Crippen LogP contribution in [0, 0.1) is 5.41 Å². The van der Waals surface area contributed by atoms with Crippen LogP contribution in [0.3, 0.4) is 0 Å². The highest BCUT2D eigenvalue weighted by molar-refractivity contribution is 5.85. The van der Waals surface area contributed by atoms with Gasteiger partial charge in [0.25, 0.3) is 0 Å². The number of carbonyl (C=O) groups excluding carboxylic acids is 1. The lowest BCUT2D eigenvalue weighted by Gasteiger charge is -2.42. The van der Waals surface area contributed by atoms with Crippen molar-refractivity contribution in [1.29, 1.82) is 0 Å². The van der Waals surface area contributed by atoms with Crippen LogP contribution in [-0.4, -0.2) is 26.2 Å². The molecule has 1 aliphatic carbocycles. The molecule has 0 atom stereocenters. The van der Waals surface area contributed by atoms with Gasteiger partial charge in [-0.15, -0.1) is 12.4 Å². The lowest BCUT2D eigenvalue weighted by Crippen LogP contribution is -2.42. The summed E-state index contributed by atoms with van der Waals surface area (Å²) in [6.45, 7) is 1.55. The number of carbonyl (C=O) groups is 1. The maximum Gasteiger partial charge on any atom is 0.220 e. The minimum Gasteiger partial charge on any atom is -0.399 e. The summed E-state index contributed by atoms with van der Waals surface area (Å²) in [7, 11) is 1.73. The summed E-state index contributed by atoms with van der Waals surface area (Å²) in [5, 5.41) is 3.09. The molecule has 0 radical (unpaired) electrons. The standard InChI is InChI=1S/C17H26N2O2.ClH/c1-21-12-11-17(9-4-10-17)13-19-16(20)8-7-14-5-2-3-6-15(14)18;/h2-3,5-6H,4,7-13,18H2,1H3,(H,19,20);1H. The first-order valence-electron chi connectivity index (χ1n) is 7.74. The first-order valence-corrected chi connectivity index (χ1v) is 7.74. The molecule has 0 bridgehead atoms. The molecule has 4 nitrogen and oxygen atoms in total. The van der Waals surface area contributed by atoms with Gasteiger partial charge in [-0.2, -0.15) is 0 Å². The van der Waals surface area contributed by atoms with Gasteiger partial charge >= 0.3 is 0 Å². The summed E-state index contributed by atoms with van der Waals surface area (Å²) in [5.74, 6) is 0.113. The predicted molar refractivity (Wildman–Crippen MR) is 92.2 cm³/mol. The molecule has 0 unspecified atom stereocenters. The summed E-state index contributed by atoms with van der Waals surface area (Å²) in [5.41, 5.74) is 7.98. The fourth-order valence-corrected chi connectivity index (χ4v) is 2.90. The number of nitrogen functional groups attached to an aromatic ring is 1. The summed E-state index contributed by atoms with van der Waals surface area (Å²) in [6.07, 6.45) is 5.89. The van der Waals surface area contributed by atoms with Gasteiger partial charge in [-0.25, -0.2) is 0 Å². The van der Waals surface area contributed by atoms with Crippen molar-refractivity contribution >= 4 is 24.0 Å². The maximum atomic E-state index is 12.0. The fraction of sp³-hybridized carbons (Fsp3) is 0.588. The Bertz CT molecular complexity index is 475. The van der Waals surface area contributed by atoms with Gasteiger partial charge < -0.3 is 15.8 Å². The van der Waals surface area contributed by atoms with Crippen LogP contribution < -0.4 is 11.1 Å². The maximum absolute atomic E-state index is 12.0. The van der Waals surface area contributed by atoms with Gasteiger partial charge in [-0.05, 0) is 42.7 Å². The molecule has 0 heterocycles. The zero-order chi connectivity index (χ0) is 15.1. The van der Waals surface area contributed by atoms with Crippen molar-refractivity contribution in [3.63, 3.8) is 0 Å². The van der Waals surface area contributed by atoms with Crippen LogP contribution in [-0.2, 0) is 16.0 Å². The Balaban J connectivity index is 0.00000242. The van der Waals surface area contributed by atoms with Crippen molar-refractivity contribution < 1.29 is 9.53 Å². The molecule has 3 N–H and O–H groups in total. The fourth-order valence-electron chi connectivity index (χ4n) is 2.90. The van der Waals surface area contributed by atoms with Crippen molar-refractivity contribution in [2.45, 2.75) is 38.5 Å². The summed E-state index contributed by atoms with van der Waals surface area (Å²) >= 11 is 0. The third-order valence-corrected chi connectivity index (χ3v) is 4.59. The number of amides is 1. The zero-order valence-electron chi connectivity index (χ0n) is 13.3. The molecule has 1 saturated carbocycles. The molecule has 22 heavy (non-hydrogen) atoms. The van der Waals surface area contributed by atoms with Crippen LogP contribution in [0.1, 0.15) is 37.7 Å². The minimum absolute atomic E-state index is 0. The monoisotopic (exact) mass is 326 g/mol. The number of aryl methyl sites for hydroxylation is 1. The molecule has 124 valence electrons. The van der Waals surface area contributed by atoms with Crippen LogP contribution in [0.4, 0.5) is 5.69 Å². The van der Waals surface area contributed by atoms with E-state index in [-0.39, 0.29) is 23.7 Å². The molecule has 5 heteroatoms. The molecule has 0 saturated heterocycles. The number of methoxy groups -OCH3 is 1. The molecule has 0 spiro atoms. The van der Waals surface area contributed by atoms with Crippen molar-refractivity contribution in [1.82, 2.24) is 5.32 Å². The number of halogens is 1. The molecule has 1 amide bonds. The van der Waals surface area contributed by atoms with Crippen molar-refractivity contribution in [2.75, 3.05) is 26.0 Å². The minimum atomic E-state index is 0. The third kappa shape index (κ3) is 5.18. The highest BCUT2D eigenvalue weighted by atomic mass is 35.5. The summed E-state index contributed by atoms with van der Waals surface area (Å²) in [4.78, 5) is 12.0. The molecular formula is C17H27ClN2O2. The third-order valence-electron chi connectivity index (χ3n) is 4.59. The second-order valence-electron chi connectivity index (χ2n) is 6.07. The van der Waals surface area contributed by atoms with Gasteiger partial charge in [0.2, 0.25) is 5.91 Å². The summed E-state index contributed by atoms with van der Waals surface area (Å²) in [6, 6.07) is 7.72. The molecule has 1 fully saturated rings. The van der Waals surface area contributed by atoms with E-state index >= 15 is 0 Å². The number of ether oxygens (including phenoxy) is 1. The number of nitrogens with one attached hydrogen (secondary N) is 1. The number of nitrogens with two attached hydrogens (primary N) is 1. The van der Waals surface area contributed by atoms with Crippen molar-refractivity contribution in [3.05, 3.63) is 29.8 Å². The zero-order valence-corrected chi connectivity index (χ0v) is 14.1. The van der Waals surface area contributed by atoms with Crippen molar-refractivity contribution in [3.8, 4) is 0 Å². The second-order valence-corrected chi connectivity index (χ2v) is 6.07. The van der Waals surface area contributed by atoms with Gasteiger partial charge in [0, 0.05) is 32.4 Å². The number of benzene rings is 1. The van der Waals surface area contributed by atoms with Gasteiger partial charge in [0.05, 0.1) is 0 Å². The Hall–Kier alpha value is -1.26. The van der Waals surface area contributed by atoms with Crippen LogP contribution >= 0.6 is 12.4 Å². The Morgan fingerprint density at radius 2 is 2.09 bits per heavy atom. The first kappa shape index (κ1) is 18.8. The van der Waals surface area contributed by atoms with E-state index in [0.29, 0.717) is 12.8 Å². The first-order chi connectivity index (χ1) is 10.2. The molecule has 1 aromatic carbocycles. The second kappa shape index (κ2) is 9.01. The Labute approximate surface area is 139 Å². The average molecular weight is 327 g/mol. The smallest absolute Gasteiger partial charge is 0.220 e. The topological polar surface area (TPSA) is 64.3 Å². The van der Waals surface area contributed by atoms with E-state index in [1.54, 1.807) is 7.11 Å². The largest absolute Gasteiger partial charge is 0.399 e. The van der Waals surface area contributed by atoms with Gasteiger partial charge in [-0.1, -0.05) is 24.6 Å². The Morgan fingerprint density at radius 3 is 2.68 bits per heavy atom. The normalized spacial score (nSPS) is 15.5. The van der Waals surface area contributed by atoms with E-state index in [1.807, 2.05) is 24.3 Å². The quantitative estimate of drug-likeness (QED) is 0.722. The van der Waals surface area contributed by atoms with E-state index in [1.165, 1.54) is 19.3 Å². The molecule has 1 aliphatic rings. The van der Waals surface area contributed by atoms with E-state index < -0.39 is 0 Å². The number of rotatable bonds is 8. The van der Waals surface area contributed by atoms with Crippen LogP contribution in [0.5, 0.6) is 0 Å².